The van der Waals surface area contributed by atoms with E-state index in [9.17, 15) is 0 Å². The Kier molecular flexibility index (Phi) is 3.75. The Morgan fingerprint density at radius 2 is 1.79 bits per heavy atom. The van der Waals surface area contributed by atoms with Gasteiger partial charge in [0.05, 0.1) is 11.4 Å². The smallest absolute Gasteiger partial charge is 0.163 e. The monoisotopic (exact) mass is 353 g/mol. The van der Waals surface area contributed by atoms with Crippen LogP contribution in [0.5, 0.6) is 0 Å². The highest BCUT2D eigenvalue weighted by Gasteiger charge is 2.16. The first-order valence-electron chi connectivity index (χ1n) is 7.50. The number of hydrogen-bond acceptors (Lipinski definition) is 2. The summed E-state index contributed by atoms with van der Waals surface area (Å²) in [6, 6.07) is 17.4. The Hall–Kier alpha value is -2.36. The third-order valence-electron chi connectivity index (χ3n) is 3.96. The number of halogens is 2. The van der Waals surface area contributed by atoms with Crippen molar-refractivity contribution in [1.82, 2.24) is 14.6 Å². The van der Waals surface area contributed by atoms with E-state index in [0.717, 1.165) is 33.7 Å². The van der Waals surface area contributed by atoms with Crippen molar-refractivity contribution < 1.29 is 0 Å². The molecule has 0 saturated heterocycles. The lowest BCUT2D eigenvalue weighted by Crippen LogP contribution is -1.96. The summed E-state index contributed by atoms with van der Waals surface area (Å²) in [5.41, 5.74) is 5.48. The summed E-state index contributed by atoms with van der Waals surface area (Å²) in [6.45, 7) is 1.97. The molecule has 4 aromatic rings. The fourth-order valence-electron chi connectivity index (χ4n) is 2.91. The van der Waals surface area contributed by atoms with Crippen LogP contribution in [0.3, 0.4) is 0 Å². The second-order valence-corrected chi connectivity index (χ2v) is 6.36. The molecule has 0 aliphatic carbocycles. The predicted molar refractivity (Wildman–Crippen MR) is 98.6 cm³/mol. The lowest BCUT2D eigenvalue weighted by molar-refractivity contribution is 0.925. The topological polar surface area (TPSA) is 30.2 Å². The first-order valence-corrected chi connectivity index (χ1v) is 8.26. The molecule has 2 aromatic heterocycles. The number of benzene rings is 2. The van der Waals surface area contributed by atoms with E-state index in [-0.39, 0.29) is 0 Å². The second-order valence-electron chi connectivity index (χ2n) is 5.52. The molecule has 2 aromatic carbocycles. The van der Waals surface area contributed by atoms with Crippen LogP contribution >= 0.6 is 23.2 Å². The highest BCUT2D eigenvalue weighted by molar-refractivity contribution is 6.33. The molecule has 0 saturated carbocycles. The SMILES string of the molecule is Cc1nn2c(-c3ccccc3Cl)ccnc2c1-c1cccc(Cl)c1. The molecule has 24 heavy (non-hydrogen) atoms. The van der Waals surface area contributed by atoms with E-state index in [0.29, 0.717) is 10.0 Å². The number of fused-ring (bicyclic) bond motifs is 1. The summed E-state index contributed by atoms with van der Waals surface area (Å²) < 4.78 is 1.84. The highest BCUT2D eigenvalue weighted by Crippen LogP contribution is 2.33. The summed E-state index contributed by atoms with van der Waals surface area (Å²) in [5.74, 6) is 0. The van der Waals surface area contributed by atoms with Crippen LogP contribution in [0.4, 0.5) is 0 Å². The molecular weight excluding hydrogens is 341 g/mol. The lowest BCUT2D eigenvalue weighted by Gasteiger charge is -2.07. The van der Waals surface area contributed by atoms with Gasteiger partial charge in [0.25, 0.3) is 0 Å². The van der Waals surface area contributed by atoms with Crippen LogP contribution in [0.1, 0.15) is 5.69 Å². The summed E-state index contributed by atoms with van der Waals surface area (Å²) in [6.07, 6.45) is 1.78. The van der Waals surface area contributed by atoms with Crippen LogP contribution in [-0.4, -0.2) is 14.6 Å². The van der Waals surface area contributed by atoms with Crippen molar-refractivity contribution in [1.29, 1.82) is 0 Å². The van der Waals surface area contributed by atoms with Crippen LogP contribution in [0.15, 0.2) is 60.8 Å². The van der Waals surface area contributed by atoms with Crippen LogP contribution < -0.4 is 0 Å². The molecule has 0 fully saturated rings. The zero-order chi connectivity index (χ0) is 16.7. The Balaban J connectivity index is 2.02. The zero-order valence-electron chi connectivity index (χ0n) is 12.9. The zero-order valence-corrected chi connectivity index (χ0v) is 14.4. The largest absolute Gasteiger partial charge is 0.236 e. The first kappa shape index (κ1) is 15.2. The van der Waals surface area contributed by atoms with E-state index >= 15 is 0 Å². The molecule has 0 atom stereocenters. The van der Waals surface area contributed by atoms with Gasteiger partial charge in [-0.1, -0.05) is 53.5 Å². The van der Waals surface area contributed by atoms with E-state index in [1.54, 1.807) is 6.20 Å². The molecule has 0 amide bonds. The number of aryl methyl sites for hydroxylation is 1. The number of aromatic nitrogens is 3. The van der Waals surface area contributed by atoms with Crippen molar-refractivity contribution in [3.8, 4) is 22.4 Å². The molecule has 0 aliphatic heterocycles. The van der Waals surface area contributed by atoms with Crippen molar-refractivity contribution in [3.63, 3.8) is 0 Å². The number of hydrogen-bond donors (Lipinski definition) is 0. The number of nitrogens with zero attached hydrogens (tertiary/aromatic N) is 3. The molecule has 0 bridgehead atoms. The lowest BCUT2D eigenvalue weighted by atomic mass is 10.1. The fourth-order valence-corrected chi connectivity index (χ4v) is 3.33. The van der Waals surface area contributed by atoms with Gasteiger partial charge >= 0.3 is 0 Å². The molecule has 0 unspecified atom stereocenters. The quantitative estimate of drug-likeness (QED) is 0.464. The van der Waals surface area contributed by atoms with Gasteiger partial charge in [-0.15, -0.1) is 0 Å². The molecule has 0 N–H and O–H groups in total. The average molecular weight is 354 g/mol. The van der Waals surface area contributed by atoms with Crippen LogP contribution in [0, 0.1) is 6.92 Å². The molecule has 2 heterocycles. The van der Waals surface area contributed by atoms with E-state index in [1.807, 2.05) is 66.0 Å². The van der Waals surface area contributed by atoms with Crippen molar-refractivity contribution in [2.75, 3.05) is 0 Å². The molecule has 4 rings (SSSR count). The highest BCUT2D eigenvalue weighted by atomic mass is 35.5. The van der Waals surface area contributed by atoms with Gasteiger partial charge in [-0.05, 0) is 36.8 Å². The molecule has 118 valence electrons. The van der Waals surface area contributed by atoms with Gasteiger partial charge in [0, 0.05) is 27.4 Å². The molecule has 0 spiro atoms. The molecule has 5 heteroatoms. The van der Waals surface area contributed by atoms with Gasteiger partial charge in [0.1, 0.15) is 0 Å². The molecule has 0 aliphatic rings. The van der Waals surface area contributed by atoms with Gasteiger partial charge < -0.3 is 0 Å². The maximum Gasteiger partial charge on any atom is 0.163 e. The average Bonchev–Trinajstić information content (AvgIpc) is 2.91. The molecule has 0 radical (unpaired) electrons. The Labute approximate surface area is 149 Å². The van der Waals surface area contributed by atoms with Crippen molar-refractivity contribution in [3.05, 3.63) is 76.5 Å². The number of rotatable bonds is 2. The van der Waals surface area contributed by atoms with E-state index < -0.39 is 0 Å². The third kappa shape index (κ3) is 2.46. The fraction of sp³-hybridized carbons (Fsp3) is 0.0526. The van der Waals surface area contributed by atoms with Gasteiger partial charge in [0.15, 0.2) is 5.65 Å². The maximum atomic E-state index is 6.36. The minimum Gasteiger partial charge on any atom is -0.236 e. The van der Waals surface area contributed by atoms with Crippen LogP contribution in [0.25, 0.3) is 28.0 Å². The molecular formula is C19H13Cl2N3. The maximum absolute atomic E-state index is 6.36. The van der Waals surface area contributed by atoms with E-state index in [4.69, 9.17) is 23.2 Å². The second kappa shape index (κ2) is 5.93. The first-order chi connectivity index (χ1) is 11.6. The van der Waals surface area contributed by atoms with Gasteiger partial charge in [-0.3, -0.25) is 0 Å². The summed E-state index contributed by atoms with van der Waals surface area (Å²) in [5, 5.41) is 6.06. The standard InChI is InChI=1S/C19H13Cl2N3/c1-12-18(13-5-4-6-14(20)11-13)19-22-10-9-17(24(19)23-12)15-7-2-3-8-16(15)21/h2-11H,1H3. The summed E-state index contributed by atoms with van der Waals surface area (Å²) in [4.78, 5) is 4.54. The minimum atomic E-state index is 0.683. The van der Waals surface area contributed by atoms with Gasteiger partial charge in [0.2, 0.25) is 0 Å². The minimum absolute atomic E-state index is 0.683. The van der Waals surface area contributed by atoms with E-state index in [1.165, 1.54) is 0 Å². The Morgan fingerprint density at radius 1 is 0.958 bits per heavy atom. The predicted octanol–water partition coefficient (Wildman–Crippen LogP) is 5.68. The van der Waals surface area contributed by atoms with Crippen molar-refractivity contribution in [2.24, 2.45) is 0 Å². The van der Waals surface area contributed by atoms with Crippen molar-refractivity contribution >= 4 is 28.8 Å². The van der Waals surface area contributed by atoms with E-state index in [2.05, 4.69) is 10.1 Å². The normalized spacial score (nSPS) is 11.1. The summed E-state index contributed by atoms with van der Waals surface area (Å²) in [7, 11) is 0. The van der Waals surface area contributed by atoms with Crippen molar-refractivity contribution in [2.45, 2.75) is 6.92 Å². The Bertz CT molecular complexity index is 1050. The summed E-state index contributed by atoms with van der Waals surface area (Å²) >= 11 is 12.5. The van der Waals surface area contributed by atoms with Crippen LogP contribution in [-0.2, 0) is 0 Å². The van der Waals surface area contributed by atoms with Crippen LogP contribution in [0.2, 0.25) is 10.0 Å². The Morgan fingerprint density at radius 3 is 2.58 bits per heavy atom. The third-order valence-corrected chi connectivity index (χ3v) is 4.52. The molecule has 3 nitrogen and oxygen atoms in total. The van der Waals surface area contributed by atoms with Gasteiger partial charge in [-0.25, -0.2) is 9.50 Å². The van der Waals surface area contributed by atoms with Gasteiger partial charge in [-0.2, -0.15) is 5.10 Å².